The van der Waals surface area contributed by atoms with Crippen molar-refractivity contribution in [3.05, 3.63) is 0 Å². The Morgan fingerprint density at radius 3 is 2.55 bits per heavy atom. The molecule has 0 spiro atoms. The van der Waals surface area contributed by atoms with E-state index < -0.39 is 12.1 Å². The van der Waals surface area contributed by atoms with E-state index in [0.717, 1.165) is 25.7 Å². The van der Waals surface area contributed by atoms with Crippen LogP contribution in [0.5, 0.6) is 0 Å². The first-order valence-electron chi connectivity index (χ1n) is 7.42. The lowest BCUT2D eigenvalue weighted by atomic mass is 10.1. The maximum absolute atomic E-state index is 12.2. The predicted octanol–water partition coefficient (Wildman–Crippen LogP) is 1.57. The zero-order valence-corrected chi connectivity index (χ0v) is 12.3. The van der Waals surface area contributed by atoms with E-state index in [1.165, 1.54) is 4.90 Å². The van der Waals surface area contributed by atoms with Crippen LogP contribution < -0.4 is 5.32 Å². The average molecular weight is 286 g/mol. The number of amides is 2. The zero-order chi connectivity index (χ0) is 15.1. The molecule has 0 aromatic heterocycles. The molecule has 1 aliphatic carbocycles. The van der Waals surface area contributed by atoms with Crippen LogP contribution in [0.4, 0.5) is 4.79 Å². The molecule has 0 bridgehead atoms. The number of aliphatic hydroxyl groups excluding tert-OH is 1. The molecule has 0 saturated heterocycles. The van der Waals surface area contributed by atoms with E-state index in [0.29, 0.717) is 13.0 Å². The van der Waals surface area contributed by atoms with Gasteiger partial charge >= 0.3 is 12.0 Å². The largest absolute Gasteiger partial charge is 0.481 e. The summed E-state index contributed by atoms with van der Waals surface area (Å²) in [6.45, 7) is 3.99. The highest BCUT2D eigenvalue weighted by Crippen LogP contribution is 2.18. The maximum atomic E-state index is 12.2. The lowest BCUT2D eigenvalue weighted by Gasteiger charge is -2.30. The van der Waals surface area contributed by atoms with Gasteiger partial charge in [-0.15, -0.1) is 0 Å². The highest BCUT2D eigenvalue weighted by atomic mass is 16.4. The van der Waals surface area contributed by atoms with Gasteiger partial charge in [0.2, 0.25) is 0 Å². The molecule has 2 amide bonds. The molecule has 1 saturated carbocycles. The van der Waals surface area contributed by atoms with Gasteiger partial charge < -0.3 is 20.4 Å². The minimum Gasteiger partial charge on any atom is -0.481 e. The number of carboxylic acids is 1. The molecule has 6 heteroatoms. The Labute approximate surface area is 120 Å². The van der Waals surface area contributed by atoms with E-state index in [2.05, 4.69) is 5.32 Å². The third kappa shape index (κ3) is 5.00. The van der Waals surface area contributed by atoms with Gasteiger partial charge in [-0.25, -0.2) is 4.79 Å². The lowest BCUT2D eigenvalue weighted by molar-refractivity contribution is -0.138. The van der Waals surface area contributed by atoms with Crippen LogP contribution in [-0.2, 0) is 4.79 Å². The normalized spacial score (nSPS) is 24.6. The van der Waals surface area contributed by atoms with Crippen LogP contribution in [-0.4, -0.2) is 51.8 Å². The molecular formula is C14H26N2O4. The summed E-state index contributed by atoms with van der Waals surface area (Å²) in [6, 6.07) is -0.872. The van der Waals surface area contributed by atoms with Crippen LogP contribution >= 0.6 is 0 Å². The number of aliphatic hydroxyl groups is 1. The summed E-state index contributed by atoms with van der Waals surface area (Å²) in [5, 5.41) is 21.7. The number of aliphatic carboxylic acids is 1. The number of nitrogens with zero attached hydrogens (tertiary/aromatic N) is 1. The summed E-state index contributed by atoms with van der Waals surface area (Å²) in [5.41, 5.74) is 0. The van der Waals surface area contributed by atoms with Gasteiger partial charge in [-0.05, 0) is 26.7 Å². The molecule has 1 rings (SSSR count). The van der Waals surface area contributed by atoms with Crippen molar-refractivity contribution in [2.45, 2.75) is 70.6 Å². The van der Waals surface area contributed by atoms with Crippen molar-refractivity contribution < 1.29 is 19.8 Å². The third-order valence-corrected chi connectivity index (χ3v) is 3.89. The fraction of sp³-hybridized carbons (Fsp3) is 0.857. The van der Waals surface area contributed by atoms with Gasteiger partial charge in [-0.2, -0.15) is 0 Å². The Morgan fingerprint density at radius 2 is 1.95 bits per heavy atom. The molecule has 0 radical (unpaired) electrons. The number of carboxylic acid groups (broad SMARTS) is 1. The molecule has 3 unspecified atom stereocenters. The Morgan fingerprint density at radius 1 is 1.30 bits per heavy atom. The molecular weight excluding hydrogens is 260 g/mol. The Hall–Kier alpha value is -1.30. The predicted molar refractivity (Wildman–Crippen MR) is 75.5 cm³/mol. The van der Waals surface area contributed by atoms with Crippen LogP contribution in [0.25, 0.3) is 0 Å². The molecule has 116 valence electrons. The summed E-state index contributed by atoms with van der Waals surface area (Å²) in [6.07, 6.45) is 3.97. The van der Waals surface area contributed by atoms with Crippen LogP contribution in [0.2, 0.25) is 0 Å². The van der Waals surface area contributed by atoms with Gasteiger partial charge in [0.15, 0.2) is 0 Å². The van der Waals surface area contributed by atoms with E-state index >= 15 is 0 Å². The Bertz CT molecular complexity index is 335. The summed E-state index contributed by atoms with van der Waals surface area (Å²) < 4.78 is 0. The SMILES string of the molecule is CCN(C(=O)NC1CCCCCC1O)C(C)CC(=O)O. The smallest absolute Gasteiger partial charge is 0.317 e. The molecule has 0 aromatic carbocycles. The number of hydrogen-bond acceptors (Lipinski definition) is 3. The Kier molecular flexibility index (Phi) is 6.78. The van der Waals surface area contributed by atoms with Crippen molar-refractivity contribution in [2.24, 2.45) is 0 Å². The monoisotopic (exact) mass is 286 g/mol. The van der Waals surface area contributed by atoms with Crippen LogP contribution in [0.15, 0.2) is 0 Å². The summed E-state index contributed by atoms with van der Waals surface area (Å²) >= 11 is 0. The van der Waals surface area contributed by atoms with E-state index in [-0.39, 0.29) is 24.5 Å². The van der Waals surface area contributed by atoms with Gasteiger partial charge in [-0.3, -0.25) is 4.79 Å². The van der Waals surface area contributed by atoms with Gasteiger partial charge in [0.05, 0.1) is 18.6 Å². The summed E-state index contributed by atoms with van der Waals surface area (Å²) in [4.78, 5) is 24.5. The number of carbonyl (C=O) groups excluding carboxylic acids is 1. The standard InChI is InChI=1S/C14H26N2O4/c1-3-16(10(2)9-13(18)19)14(20)15-11-7-5-4-6-8-12(11)17/h10-12,17H,3-9H2,1-2H3,(H,15,20)(H,18,19). The molecule has 20 heavy (non-hydrogen) atoms. The van der Waals surface area contributed by atoms with Gasteiger partial charge in [-0.1, -0.05) is 19.3 Å². The number of urea groups is 1. The second-order valence-corrected chi connectivity index (χ2v) is 5.49. The number of carbonyl (C=O) groups is 2. The highest BCUT2D eigenvalue weighted by molar-refractivity contribution is 5.76. The molecule has 0 aromatic rings. The minimum absolute atomic E-state index is 0.0749. The summed E-state index contributed by atoms with van der Waals surface area (Å²) in [7, 11) is 0. The first-order valence-corrected chi connectivity index (χ1v) is 7.42. The van der Waals surface area contributed by atoms with E-state index in [9.17, 15) is 14.7 Å². The van der Waals surface area contributed by atoms with Crippen LogP contribution in [0, 0.1) is 0 Å². The molecule has 1 fully saturated rings. The van der Waals surface area contributed by atoms with Crippen molar-refractivity contribution in [2.75, 3.05) is 6.54 Å². The van der Waals surface area contributed by atoms with Crippen LogP contribution in [0.1, 0.15) is 52.4 Å². The maximum Gasteiger partial charge on any atom is 0.317 e. The fourth-order valence-corrected chi connectivity index (χ4v) is 2.72. The average Bonchev–Trinajstić information content (AvgIpc) is 2.55. The van der Waals surface area contributed by atoms with Crippen molar-refractivity contribution >= 4 is 12.0 Å². The lowest BCUT2D eigenvalue weighted by Crippen LogP contribution is -2.51. The second kappa shape index (κ2) is 8.09. The van der Waals surface area contributed by atoms with Crippen LogP contribution in [0.3, 0.4) is 0 Å². The van der Waals surface area contributed by atoms with Crippen molar-refractivity contribution in [3.8, 4) is 0 Å². The fourth-order valence-electron chi connectivity index (χ4n) is 2.72. The van der Waals surface area contributed by atoms with E-state index in [1.807, 2.05) is 6.92 Å². The second-order valence-electron chi connectivity index (χ2n) is 5.49. The zero-order valence-electron chi connectivity index (χ0n) is 12.3. The van der Waals surface area contributed by atoms with Crippen molar-refractivity contribution in [1.29, 1.82) is 0 Å². The molecule has 3 atom stereocenters. The third-order valence-electron chi connectivity index (χ3n) is 3.89. The first kappa shape index (κ1) is 16.8. The van der Waals surface area contributed by atoms with E-state index in [1.54, 1.807) is 6.92 Å². The number of hydrogen-bond donors (Lipinski definition) is 3. The van der Waals surface area contributed by atoms with Crippen molar-refractivity contribution in [3.63, 3.8) is 0 Å². The first-order chi connectivity index (χ1) is 9.45. The van der Waals surface area contributed by atoms with Gasteiger partial charge in [0, 0.05) is 12.6 Å². The van der Waals surface area contributed by atoms with E-state index in [4.69, 9.17) is 5.11 Å². The quantitative estimate of drug-likeness (QED) is 0.669. The molecule has 3 N–H and O–H groups in total. The topological polar surface area (TPSA) is 89.9 Å². The summed E-state index contributed by atoms with van der Waals surface area (Å²) in [5.74, 6) is -0.918. The molecule has 1 aliphatic rings. The molecule has 0 heterocycles. The van der Waals surface area contributed by atoms with Gasteiger partial charge in [0.1, 0.15) is 0 Å². The number of rotatable bonds is 5. The highest BCUT2D eigenvalue weighted by Gasteiger charge is 2.27. The molecule has 0 aliphatic heterocycles. The minimum atomic E-state index is -0.918. The number of nitrogens with one attached hydrogen (secondary N) is 1. The van der Waals surface area contributed by atoms with Crippen molar-refractivity contribution in [1.82, 2.24) is 10.2 Å². The van der Waals surface area contributed by atoms with Gasteiger partial charge in [0.25, 0.3) is 0 Å². The molecule has 6 nitrogen and oxygen atoms in total. The Balaban J connectivity index is 2.59.